The summed E-state index contributed by atoms with van der Waals surface area (Å²) in [6, 6.07) is 3.55. The van der Waals surface area contributed by atoms with Crippen LogP contribution in [0.3, 0.4) is 0 Å². The summed E-state index contributed by atoms with van der Waals surface area (Å²) in [5.74, 6) is 0.732. The van der Waals surface area contributed by atoms with Gasteiger partial charge in [-0.2, -0.15) is 5.10 Å². The fraction of sp³-hybridized carbons (Fsp3) is 0.571. The van der Waals surface area contributed by atoms with Crippen LogP contribution in [-0.2, 0) is 14.8 Å². The molecule has 2 rings (SSSR count). The van der Waals surface area contributed by atoms with Gasteiger partial charge in [-0.1, -0.05) is 0 Å². The first kappa shape index (κ1) is 16.7. The van der Waals surface area contributed by atoms with Crippen LogP contribution in [-0.4, -0.2) is 43.7 Å². The van der Waals surface area contributed by atoms with Gasteiger partial charge in [0.05, 0.1) is 17.9 Å². The van der Waals surface area contributed by atoms with Crippen molar-refractivity contribution in [2.24, 2.45) is 11.0 Å². The van der Waals surface area contributed by atoms with Gasteiger partial charge in [-0.05, 0) is 38.8 Å². The second-order valence-corrected chi connectivity index (χ2v) is 7.54. The van der Waals surface area contributed by atoms with Crippen LogP contribution < -0.4 is 5.43 Å². The molecule has 0 radical (unpaired) electrons. The minimum Gasteiger partial charge on any atom is -0.460 e. The maximum Gasteiger partial charge on any atom is 0.244 e. The van der Waals surface area contributed by atoms with Crippen LogP contribution in [0.2, 0.25) is 0 Å². The monoisotopic (exact) mass is 327 g/mol. The number of aryl methyl sites for hydroxylation is 1. The molecule has 8 heteroatoms. The van der Waals surface area contributed by atoms with Crippen LogP contribution in [0.25, 0.3) is 0 Å². The average Bonchev–Trinajstić information content (AvgIpc) is 2.92. The highest BCUT2D eigenvalue weighted by Crippen LogP contribution is 2.19. The molecule has 2 heterocycles. The number of nitrogens with zero attached hydrogens (tertiary/aromatic N) is 2. The Labute approximate surface area is 130 Å². The maximum atomic E-state index is 12.1. The van der Waals surface area contributed by atoms with Crippen LogP contribution in [0.1, 0.15) is 31.3 Å². The van der Waals surface area contributed by atoms with Gasteiger partial charge in [0.25, 0.3) is 0 Å². The Bertz CT molecular complexity index is 651. The van der Waals surface area contributed by atoms with Gasteiger partial charge in [0.2, 0.25) is 15.9 Å². The van der Waals surface area contributed by atoms with E-state index in [4.69, 9.17) is 4.42 Å². The first-order valence-corrected chi connectivity index (χ1v) is 8.90. The van der Waals surface area contributed by atoms with E-state index >= 15 is 0 Å². The number of carbonyl (C=O) groups excluding carboxylic acids is 1. The minimum atomic E-state index is -3.25. The predicted octanol–water partition coefficient (Wildman–Crippen LogP) is 1.10. The van der Waals surface area contributed by atoms with E-state index in [1.165, 1.54) is 10.5 Å². The zero-order valence-corrected chi connectivity index (χ0v) is 13.6. The van der Waals surface area contributed by atoms with Crippen LogP contribution >= 0.6 is 0 Å². The van der Waals surface area contributed by atoms with Gasteiger partial charge in [0.1, 0.15) is 11.5 Å². The summed E-state index contributed by atoms with van der Waals surface area (Å²) in [4.78, 5) is 12.1. The van der Waals surface area contributed by atoms with E-state index in [0.717, 1.165) is 5.76 Å². The van der Waals surface area contributed by atoms with Gasteiger partial charge < -0.3 is 4.42 Å². The number of hydrazone groups is 1. The number of amides is 1. The third kappa shape index (κ3) is 4.17. The van der Waals surface area contributed by atoms with Crippen LogP contribution in [0.15, 0.2) is 21.7 Å². The average molecular weight is 327 g/mol. The lowest BCUT2D eigenvalue weighted by Crippen LogP contribution is -2.45. The molecule has 1 amide bonds. The fourth-order valence-electron chi connectivity index (χ4n) is 2.37. The Balaban J connectivity index is 1.91. The molecule has 1 fully saturated rings. The molecular formula is C14H21N3O4S. The largest absolute Gasteiger partial charge is 0.460 e. The summed E-state index contributed by atoms with van der Waals surface area (Å²) in [6.07, 6.45) is 2.77. The molecule has 0 spiro atoms. The Morgan fingerprint density at radius 1 is 1.55 bits per heavy atom. The zero-order chi connectivity index (χ0) is 16.2. The van der Waals surface area contributed by atoms with E-state index in [9.17, 15) is 13.2 Å². The van der Waals surface area contributed by atoms with Crippen molar-refractivity contribution in [3.8, 4) is 0 Å². The third-order valence-corrected chi connectivity index (χ3v) is 5.49. The van der Waals surface area contributed by atoms with Gasteiger partial charge in [-0.3, -0.25) is 4.79 Å². The molecular weight excluding hydrogens is 306 g/mol. The predicted molar refractivity (Wildman–Crippen MR) is 82.9 cm³/mol. The molecule has 1 aliphatic rings. The summed E-state index contributed by atoms with van der Waals surface area (Å²) in [6.45, 7) is 4.13. The van der Waals surface area contributed by atoms with Crippen LogP contribution in [0.5, 0.6) is 0 Å². The van der Waals surface area contributed by atoms with E-state index in [-0.39, 0.29) is 24.1 Å². The normalized spacial score (nSPS) is 20.4. The topological polar surface area (TPSA) is 92.0 Å². The van der Waals surface area contributed by atoms with Gasteiger partial charge in [-0.25, -0.2) is 18.1 Å². The molecule has 1 aromatic rings. The summed E-state index contributed by atoms with van der Waals surface area (Å²) in [5.41, 5.74) is 2.45. The van der Waals surface area contributed by atoms with Crippen molar-refractivity contribution < 1.29 is 17.6 Å². The molecule has 22 heavy (non-hydrogen) atoms. The maximum absolute atomic E-state index is 12.1. The Hall–Kier alpha value is -1.67. The Morgan fingerprint density at radius 3 is 2.95 bits per heavy atom. The number of piperidine rings is 1. The molecule has 0 saturated carbocycles. The highest BCUT2D eigenvalue weighted by molar-refractivity contribution is 7.89. The standard InChI is InChI=1S/C14H21N3O4S/c1-3-22(19,20)17-8-4-5-12(10-17)14(18)16-15-9-13-7-6-11(2)21-13/h6-7,9,12H,3-5,8,10H2,1-2H3,(H,16,18)/b15-9-/t12-/m1/s1. The van der Waals surface area contributed by atoms with E-state index in [0.29, 0.717) is 25.1 Å². The highest BCUT2D eigenvalue weighted by Gasteiger charge is 2.31. The lowest BCUT2D eigenvalue weighted by atomic mass is 9.99. The van der Waals surface area contributed by atoms with Gasteiger partial charge in [0, 0.05) is 13.1 Å². The highest BCUT2D eigenvalue weighted by atomic mass is 32.2. The number of sulfonamides is 1. The molecule has 0 aromatic carbocycles. The van der Waals surface area contributed by atoms with Gasteiger partial charge in [0.15, 0.2) is 0 Å². The molecule has 0 aliphatic carbocycles. The van der Waals surface area contributed by atoms with Crippen LogP contribution in [0, 0.1) is 12.8 Å². The molecule has 0 unspecified atom stereocenters. The fourth-order valence-corrected chi connectivity index (χ4v) is 3.54. The second kappa shape index (κ2) is 7.06. The van der Waals surface area contributed by atoms with E-state index in [1.807, 2.05) is 6.92 Å². The summed E-state index contributed by atoms with van der Waals surface area (Å²) >= 11 is 0. The number of hydrogen-bond acceptors (Lipinski definition) is 5. The quantitative estimate of drug-likeness (QED) is 0.647. The number of furan rings is 1. The van der Waals surface area contributed by atoms with Gasteiger partial charge >= 0.3 is 0 Å². The van der Waals surface area contributed by atoms with Crippen molar-refractivity contribution in [2.45, 2.75) is 26.7 Å². The first-order valence-electron chi connectivity index (χ1n) is 7.29. The molecule has 7 nitrogen and oxygen atoms in total. The van der Waals surface area contributed by atoms with Gasteiger partial charge in [-0.15, -0.1) is 0 Å². The molecule has 1 aromatic heterocycles. The smallest absolute Gasteiger partial charge is 0.244 e. The van der Waals surface area contributed by atoms with Crippen LogP contribution in [0.4, 0.5) is 0 Å². The van der Waals surface area contributed by atoms with Crippen molar-refractivity contribution in [3.63, 3.8) is 0 Å². The lowest BCUT2D eigenvalue weighted by Gasteiger charge is -2.30. The summed E-state index contributed by atoms with van der Waals surface area (Å²) in [7, 11) is -3.25. The first-order chi connectivity index (χ1) is 10.4. The molecule has 1 N–H and O–H groups in total. The third-order valence-electron chi connectivity index (χ3n) is 3.64. The number of nitrogens with one attached hydrogen (secondary N) is 1. The summed E-state index contributed by atoms with van der Waals surface area (Å²) < 4.78 is 30.4. The van der Waals surface area contributed by atoms with Crippen molar-refractivity contribution in [1.82, 2.24) is 9.73 Å². The molecule has 0 bridgehead atoms. The summed E-state index contributed by atoms with van der Waals surface area (Å²) in [5, 5.41) is 3.85. The SMILES string of the molecule is CCS(=O)(=O)N1CCC[C@@H](C(=O)N/N=C\c2ccc(C)o2)C1. The number of carbonyl (C=O) groups is 1. The number of rotatable bonds is 5. The van der Waals surface area contributed by atoms with Crippen molar-refractivity contribution in [2.75, 3.05) is 18.8 Å². The molecule has 1 saturated heterocycles. The Morgan fingerprint density at radius 2 is 2.32 bits per heavy atom. The Kier molecular flexibility index (Phi) is 5.36. The van der Waals surface area contributed by atoms with E-state index in [1.54, 1.807) is 19.1 Å². The molecule has 1 aliphatic heterocycles. The van der Waals surface area contributed by atoms with E-state index in [2.05, 4.69) is 10.5 Å². The molecule has 122 valence electrons. The zero-order valence-electron chi connectivity index (χ0n) is 12.8. The minimum absolute atomic E-state index is 0.0529. The van der Waals surface area contributed by atoms with Crippen molar-refractivity contribution >= 4 is 22.1 Å². The van der Waals surface area contributed by atoms with E-state index < -0.39 is 10.0 Å². The lowest BCUT2D eigenvalue weighted by molar-refractivity contribution is -0.126. The second-order valence-electron chi connectivity index (χ2n) is 5.28. The van der Waals surface area contributed by atoms with Crippen molar-refractivity contribution in [3.05, 3.63) is 23.7 Å². The van der Waals surface area contributed by atoms with Crippen molar-refractivity contribution in [1.29, 1.82) is 0 Å². The number of hydrogen-bond donors (Lipinski definition) is 1. The molecule has 1 atom stereocenters.